The second-order valence-corrected chi connectivity index (χ2v) is 3.50. The Bertz CT molecular complexity index is 251. The third-order valence-corrected chi connectivity index (χ3v) is 2.54. The lowest BCUT2D eigenvalue weighted by Gasteiger charge is -2.27. The molecular formula is C10H11F3O. The molecule has 0 saturated heterocycles. The first-order valence-electron chi connectivity index (χ1n) is 4.55. The lowest BCUT2D eigenvalue weighted by molar-refractivity contribution is -0.183. The first kappa shape index (κ1) is 11.1. The summed E-state index contributed by atoms with van der Waals surface area (Å²) < 4.78 is 36.7. The van der Waals surface area contributed by atoms with Crippen molar-refractivity contribution < 1.29 is 18.0 Å². The highest BCUT2D eigenvalue weighted by Gasteiger charge is 2.41. The molecule has 14 heavy (non-hydrogen) atoms. The normalized spacial score (nSPS) is 27.6. The summed E-state index contributed by atoms with van der Waals surface area (Å²) in [5.74, 6) is 3.72. The van der Waals surface area contributed by atoms with Gasteiger partial charge in [0, 0.05) is 5.92 Å². The molecule has 1 nitrogen and oxygen atoms in total. The highest BCUT2D eigenvalue weighted by molar-refractivity contribution is 5.72. The van der Waals surface area contributed by atoms with Crippen LogP contribution >= 0.6 is 0 Å². The van der Waals surface area contributed by atoms with Crippen LogP contribution in [-0.2, 0) is 4.79 Å². The van der Waals surface area contributed by atoms with E-state index in [9.17, 15) is 18.0 Å². The van der Waals surface area contributed by atoms with Gasteiger partial charge in [-0.3, -0.25) is 4.79 Å². The molecule has 0 radical (unpaired) electrons. The summed E-state index contributed by atoms with van der Waals surface area (Å²) in [6.07, 6.45) is -2.40. The maximum Gasteiger partial charge on any atom is 0.391 e. The molecule has 0 unspecified atom stereocenters. The van der Waals surface area contributed by atoms with Crippen molar-refractivity contribution in [3.05, 3.63) is 0 Å². The molecule has 0 aromatic carbocycles. The Kier molecular flexibility index (Phi) is 3.56. The van der Waals surface area contributed by atoms with E-state index >= 15 is 0 Å². The van der Waals surface area contributed by atoms with Gasteiger partial charge in [-0.05, 0) is 31.6 Å². The molecule has 0 atom stereocenters. The van der Waals surface area contributed by atoms with Gasteiger partial charge in [-0.2, -0.15) is 13.2 Å². The molecule has 4 heteroatoms. The molecule has 1 saturated carbocycles. The molecule has 0 bridgehead atoms. The van der Waals surface area contributed by atoms with Gasteiger partial charge in [0.2, 0.25) is 0 Å². The second-order valence-electron chi connectivity index (χ2n) is 3.50. The fourth-order valence-corrected chi connectivity index (χ4v) is 1.72. The fraction of sp³-hybridized carbons (Fsp3) is 0.700. The van der Waals surface area contributed by atoms with Gasteiger partial charge in [0.1, 0.15) is 0 Å². The summed E-state index contributed by atoms with van der Waals surface area (Å²) >= 11 is 0. The summed E-state index contributed by atoms with van der Waals surface area (Å²) in [5, 5.41) is 0. The van der Waals surface area contributed by atoms with E-state index in [1.807, 2.05) is 0 Å². The predicted molar refractivity (Wildman–Crippen MR) is 45.3 cm³/mol. The molecule has 0 aromatic heterocycles. The first-order valence-corrected chi connectivity index (χ1v) is 4.55. The van der Waals surface area contributed by atoms with E-state index in [4.69, 9.17) is 0 Å². The van der Waals surface area contributed by atoms with Crippen LogP contribution in [0.25, 0.3) is 0 Å². The number of hydrogen-bond donors (Lipinski definition) is 0. The molecule has 0 heterocycles. The van der Waals surface area contributed by atoms with Crippen LogP contribution in [0.3, 0.4) is 0 Å². The van der Waals surface area contributed by atoms with E-state index in [-0.39, 0.29) is 18.8 Å². The maximum atomic E-state index is 12.2. The van der Waals surface area contributed by atoms with E-state index in [1.165, 1.54) is 0 Å². The van der Waals surface area contributed by atoms with Crippen molar-refractivity contribution in [2.75, 3.05) is 0 Å². The van der Waals surface area contributed by atoms with Gasteiger partial charge >= 0.3 is 6.18 Å². The highest BCUT2D eigenvalue weighted by atomic mass is 19.4. The zero-order chi connectivity index (χ0) is 10.6. The van der Waals surface area contributed by atoms with Crippen molar-refractivity contribution in [3.8, 4) is 11.8 Å². The molecule has 0 amide bonds. The number of alkyl halides is 3. The van der Waals surface area contributed by atoms with Gasteiger partial charge in [0.05, 0.1) is 5.92 Å². The van der Waals surface area contributed by atoms with E-state index in [0.717, 1.165) is 0 Å². The molecule has 1 rings (SSSR count). The smallest absolute Gasteiger partial charge is 0.289 e. The Morgan fingerprint density at radius 3 is 2.14 bits per heavy atom. The molecule has 0 aromatic rings. The van der Waals surface area contributed by atoms with Gasteiger partial charge in [-0.25, -0.2) is 0 Å². The zero-order valence-corrected chi connectivity index (χ0v) is 7.60. The van der Waals surface area contributed by atoms with E-state index in [0.29, 0.717) is 19.1 Å². The number of aldehydes is 1. The Hall–Kier alpha value is -0.980. The minimum absolute atomic E-state index is 0.0289. The Morgan fingerprint density at radius 1 is 1.14 bits per heavy atom. The average molecular weight is 204 g/mol. The quantitative estimate of drug-likeness (QED) is 0.437. The van der Waals surface area contributed by atoms with Crippen molar-refractivity contribution in [2.45, 2.75) is 31.9 Å². The van der Waals surface area contributed by atoms with Crippen molar-refractivity contribution in [1.29, 1.82) is 0 Å². The largest absolute Gasteiger partial charge is 0.391 e. The molecule has 0 N–H and O–H groups in total. The Labute approximate surface area is 80.7 Å². The van der Waals surface area contributed by atoms with Gasteiger partial charge in [0.15, 0.2) is 6.29 Å². The lowest BCUT2D eigenvalue weighted by Crippen LogP contribution is -2.27. The van der Waals surface area contributed by atoms with E-state index in [1.54, 1.807) is 0 Å². The molecule has 1 aliphatic rings. The van der Waals surface area contributed by atoms with Crippen molar-refractivity contribution in [3.63, 3.8) is 0 Å². The number of hydrogen-bond acceptors (Lipinski definition) is 1. The molecule has 1 aliphatic carbocycles. The summed E-state index contributed by atoms with van der Waals surface area (Å²) in [6, 6.07) is 0. The maximum absolute atomic E-state index is 12.2. The van der Waals surface area contributed by atoms with E-state index in [2.05, 4.69) is 11.8 Å². The molecule has 0 aliphatic heterocycles. The fourth-order valence-electron chi connectivity index (χ4n) is 1.72. The van der Waals surface area contributed by atoms with Crippen molar-refractivity contribution in [1.82, 2.24) is 0 Å². The molecule has 1 fully saturated rings. The van der Waals surface area contributed by atoms with Gasteiger partial charge in [-0.15, -0.1) is 0 Å². The predicted octanol–water partition coefficient (Wildman–Crippen LogP) is 2.56. The summed E-state index contributed by atoms with van der Waals surface area (Å²) in [5.41, 5.74) is 0. The third kappa shape index (κ3) is 3.06. The number of halogens is 3. The SMILES string of the molecule is O=CC#CC1CCC(C(F)(F)F)CC1. The number of rotatable bonds is 0. The zero-order valence-electron chi connectivity index (χ0n) is 7.60. The number of carbonyl (C=O) groups is 1. The lowest BCUT2D eigenvalue weighted by atomic mass is 9.82. The van der Waals surface area contributed by atoms with Crippen molar-refractivity contribution in [2.24, 2.45) is 11.8 Å². The second kappa shape index (κ2) is 4.50. The summed E-state index contributed by atoms with van der Waals surface area (Å²) in [4.78, 5) is 9.92. The van der Waals surface area contributed by atoms with Crippen molar-refractivity contribution >= 4 is 6.29 Å². The van der Waals surface area contributed by atoms with Crippen LogP contribution in [0.5, 0.6) is 0 Å². The standard InChI is InChI=1S/C10H11F3O/c11-10(12,13)9-5-3-8(4-6-9)2-1-7-14/h7-9H,3-6H2. The highest BCUT2D eigenvalue weighted by Crippen LogP contribution is 2.39. The van der Waals surface area contributed by atoms with Crippen LogP contribution in [0.2, 0.25) is 0 Å². The summed E-state index contributed by atoms with van der Waals surface area (Å²) in [7, 11) is 0. The summed E-state index contributed by atoms with van der Waals surface area (Å²) in [6.45, 7) is 0. The monoisotopic (exact) mass is 204 g/mol. The first-order chi connectivity index (χ1) is 6.54. The third-order valence-electron chi connectivity index (χ3n) is 2.54. The molecule has 78 valence electrons. The average Bonchev–Trinajstić information content (AvgIpc) is 2.14. The van der Waals surface area contributed by atoms with Crippen LogP contribution in [-0.4, -0.2) is 12.5 Å². The Morgan fingerprint density at radius 2 is 1.71 bits per heavy atom. The van der Waals surface area contributed by atoms with Gasteiger partial charge in [-0.1, -0.05) is 5.92 Å². The van der Waals surface area contributed by atoms with Gasteiger partial charge in [0.25, 0.3) is 0 Å². The van der Waals surface area contributed by atoms with Crippen LogP contribution < -0.4 is 0 Å². The van der Waals surface area contributed by atoms with Crippen LogP contribution in [0.15, 0.2) is 0 Å². The minimum atomic E-state index is -4.07. The number of carbonyl (C=O) groups excluding carboxylic acids is 1. The Balaban J connectivity index is 2.42. The van der Waals surface area contributed by atoms with Crippen LogP contribution in [0.4, 0.5) is 13.2 Å². The van der Waals surface area contributed by atoms with Gasteiger partial charge < -0.3 is 0 Å². The molecule has 0 spiro atoms. The van der Waals surface area contributed by atoms with Crippen LogP contribution in [0.1, 0.15) is 25.7 Å². The topological polar surface area (TPSA) is 17.1 Å². The molecular weight excluding hydrogens is 193 g/mol. The van der Waals surface area contributed by atoms with E-state index < -0.39 is 12.1 Å². The van der Waals surface area contributed by atoms with Crippen LogP contribution in [0, 0.1) is 23.7 Å². The minimum Gasteiger partial charge on any atom is -0.289 e.